The third-order valence-electron chi connectivity index (χ3n) is 3.95. The Bertz CT molecular complexity index is 759. The number of anilines is 1. The van der Waals surface area contributed by atoms with E-state index >= 15 is 0 Å². The van der Waals surface area contributed by atoms with Gasteiger partial charge >= 0.3 is 0 Å². The van der Waals surface area contributed by atoms with Crippen LogP contribution in [0.3, 0.4) is 0 Å². The number of hydrogen-bond donors (Lipinski definition) is 1. The standard InChI is InChI=1S/C17H16ClNO3S/c1-2-7-19-13-6-5-11(18)9-12(13)17(22,16(19)21)10-14(20)15-4-3-8-23-15/h3-6,8-9,22H,2,7,10H2,1H3/t17-/m1/s1. The van der Waals surface area contributed by atoms with Crippen molar-refractivity contribution in [2.24, 2.45) is 0 Å². The van der Waals surface area contributed by atoms with Crippen molar-refractivity contribution in [1.29, 1.82) is 0 Å². The molecule has 0 spiro atoms. The molecule has 4 nitrogen and oxygen atoms in total. The Morgan fingerprint density at radius 2 is 2.17 bits per heavy atom. The molecule has 1 aromatic carbocycles. The lowest BCUT2D eigenvalue weighted by atomic mass is 9.89. The number of carbonyl (C=O) groups excluding carboxylic acids is 2. The van der Waals surface area contributed by atoms with Crippen molar-refractivity contribution in [2.75, 3.05) is 11.4 Å². The third kappa shape index (κ3) is 2.69. The number of hydrogen-bond acceptors (Lipinski definition) is 4. The first-order valence-electron chi connectivity index (χ1n) is 7.38. The van der Waals surface area contributed by atoms with E-state index in [1.165, 1.54) is 16.2 Å². The lowest BCUT2D eigenvalue weighted by Gasteiger charge is -2.22. The lowest BCUT2D eigenvalue weighted by Crippen LogP contribution is -2.42. The molecule has 0 aliphatic carbocycles. The molecule has 1 aromatic heterocycles. The SMILES string of the molecule is CCCN1C(=O)[C@@](O)(CC(=O)c2cccs2)c2cc(Cl)ccc21. The van der Waals surface area contributed by atoms with Gasteiger partial charge in [-0.05, 0) is 36.1 Å². The maximum absolute atomic E-state index is 12.8. The molecule has 1 aliphatic heterocycles. The van der Waals surface area contributed by atoms with Crippen molar-refractivity contribution in [1.82, 2.24) is 0 Å². The van der Waals surface area contributed by atoms with Crippen molar-refractivity contribution in [3.05, 3.63) is 51.2 Å². The number of carbonyl (C=O) groups is 2. The molecule has 0 unspecified atom stereocenters. The summed E-state index contributed by atoms with van der Waals surface area (Å²) in [5.41, 5.74) is -0.813. The predicted molar refractivity (Wildman–Crippen MR) is 91.3 cm³/mol. The Kier molecular flexibility index (Phi) is 4.27. The molecule has 0 saturated heterocycles. The summed E-state index contributed by atoms with van der Waals surface area (Å²) in [6.07, 6.45) is 0.475. The van der Waals surface area contributed by atoms with Gasteiger partial charge in [0.15, 0.2) is 11.4 Å². The Morgan fingerprint density at radius 3 is 2.83 bits per heavy atom. The van der Waals surface area contributed by atoms with Gasteiger partial charge in [-0.25, -0.2) is 0 Å². The number of benzene rings is 1. The molecule has 2 heterocycles. The van der Waals surface area contributed by atoms with E-state index in [9.17, 15) is 14.7 Å². The van der Waals surface area contributed by atoms with E-state index in [4.69, 9.17) is 11.6 Å². The van der Waals surface area contributed by atoms with Crippen LogP contribution >= 0.6 is 22.9 Å². The van der Waals surface area contributed by atoms with Gasteiger partial charge in [0.1, 0.15) is 0 Å². The van der Waals surface area contributed by atoms with Crippen LogP contribution in [0.2, 0.25) is 5.02 Å². The van der Waals surface area contributed by atoms with E-state index in [1.54, 1.807) is 35.7 Å². The highest BCUT2D eigenvalue weighted by Crippen LogP contribution is 2.44. The number of thiophene rings is 1. The van der Waals surface area contributed by atoms with Gasteiger partial charge in [-0.15, -0.1) is 11.3 Å². The fourth-order valence-electron chi connectivity index (χ4n) is 2.90. The minimum absolute atomic E-state index is 0.250. The van der Waals surface area contributed by atoms with Crippen LogP contribution in [-0.2, 0) is 10.4 Å². The van der Waals surface area contributed by atoms with Crippen LogP contribution in [-0.4, -0.2) is 23.3 Å². The van der Waals surface area contributed by atoms with Crippen LogP contribution < -0.4 is 4.90 Å². The molecule has 120 valence electrons. The highest BCUT2D eigenvalue weighted by atomic mass is 35.5. The van der Waals surface area contributed by atoms with E-state index in [2.05, 4.69) is 0 Å². The van der Waals surface area contributed by atoms with Gasteiger partial charge in [0.05, 0.1) is 17.0 Å². The van der Waals surface area contributed by atoms with E-state index in [0.29, 0.717) is 27.7 Å². The number of ketones is 1. The minimum atomic E-state index is -1.85. The monoisotopic (exact) mass is 349 g/mol. The maximum atomic E-state index is 12.8. The van der Waals surface area contributed by atoms with Gasteiger partial charge in [0.2, 0.25) is 0 Å². The van der Waals surface area contributed by atoms with E-state index in [0.717, 1.165) is 6.42 Å². The van der Waals surface area contributed by atoms with Gasteiger partial charge in [-0.2, -0.15) is 0 Å². The predicted octanol–water partition coefficient (Wildman–Crippen LogP) is 3.62. The third-order valence-corrected chi connectivity index (χ3v) is 5.10. The van der Waals surface area contributed by atoms with Gasteiger partial charge < -0.3 is 10.0 Å². The molecule has 0 fully saturated rings. The van der Waals surface area contributed by atoms with Crippen molar-refractivity contribution in [3.63, 3.8) is 0 Å². The normalized spacial score (nSPS) is 20.0. The first-order valence-corrected chi connectivity index (χ1v) is 8.64. The molecule has 3 rings (SSSR count). The van der Waals surface area contributed by atoms with Crippen LogP contribution in [0.25, 0.3) is 0 Å². The maximum Gasteiger partial charge on any atom is 0.264 e. The summed E-state index contributed by atoms with van der Waals surface area (Å²) in [6.45, 7) is 2.44. The average molecular weight is 350 g/mol. The molecule has 0 bridgehead atoms. The van der Waals surface area contributed by atoms with Gasteiger partial charge in [0, 0.05) is 17.1 Å². The quantitative estimate of drug-likeness (QED) is 0.839. The molecule has 2 aromatic rings. The number of nitrogens with zero attached hydrogens (tertiary/aromatic N) is 1. The first kappa shape index (κ1) is 16.2. The zero-order valence-electron chi connectivity index (χ0n) is 12.6. The number of fused-ring (bicyclic) bond motifs is 1. The molecule has 23 heavy (non-hydrogen) atoms. The lowest BCUT2D eigenvalue weighted by molar-refractivity contribution is -0.135. The second kappa shape index (κ2) is 6.07. The minimum Gasteiger partial charge on any atom is -0.375 e. The summed E-state index contributed by atoms with van der Waals surface area (Å²) < 4.78 is 0. The van der Waals surface area contributed by atoms with Crippen LogP contribution in [0, 0.1) is 0 Å². The number of aliphatic hydroxyl groups is 1. The molecular formula is C17H16ClNO3S. The van der Waals surface area contributed by atoms with Crippen molar-refractivity contribution in [3.8, 4) is 0 Å². The highest BCUT2D eigenvalue weighted by Gasteiger charge is 2.50. The summed E-state index contributed by atoms with van der Waals surface area (Å²) in [5, 5.41) is 13.3. The van der Waals surface area contributed by atoms with Crippen LogP contribution in [0.15, 0.2) is 35.7 Å². The zero-order valence-corrected chi connectivity index (χ0v) is 14.2. The van der Waals surface area contributed by atoms with Crippen molar-refractivity contribution >= 4 is 40.3 Å². The van der Waals surface area contributed by atoms with Crippen molar-refractivity contribution < 1.29 is 14.7 Å². The number of rotatable bonds is 5. The Balaban J connectivity index is 2.02. The second-order valence-corrected chi connectivity index (χ2v) is 6.94. The molecule has 1 atom stereocenters. The second-order valence-electron chi connectivity index (χ2n) is 5.56. The van der Waals surface area contributed by atoms with Crippen molar-refractivity contribution in [2.45, 2.75) is 25.4 Å². The van der Waals surface area contributed by atoms with Gasteiger partial charge in [-0.1, -0.05) is 24.6 Å². The fourth-order valence-corrected chi connectivity index (χ4v) is 3.73. The van der Waals surface area contributed by atoms with E-state index < -0.39 is 11.5 Å². The Morgan fingerprint density at radius 1 is 1.39 bits per heavy atom. The van der Waals surface area contributed by atoms with E-state index in [-0.39, 0.29) is 12.2 Å². The average Bonchev–Trinajstić information content (AvgIpc) is 3.11. The summed E-state index contributed by atoms with van der Waals surface area (Å²) in [4.78, 5) is 27.3. The van der Waals surface area contributed by atoms with E-state index in [1.807, 2.05) is 6.92 Å². The highest BCUT2D eigenvalue weighted by molar-refractivity contribution is 7.12. The molecule has 6 heteroatoms. The molecule has 1 amide bonds. The Labute approximate surface area is 143 Å². The fraction of sp³-hybridized carbons (Fsp3) is 0.294. The number of amides is 1. The van der Waals surface area contributed by atoms with Crippen LogP contribution in [0.4, 0.5) is 5.69 Å². The zero-order chi connectivity index (χ0) is 16.6. The smallest absolute Gasteiger partial charge is 0.264 e. The largest absolute Gasteiger partial charge is 0.375 e. The summed E-state index contributed by atoms with van der Waals surface area (Å²) >= 11 is 7.33. The van der Waals surface area contributed by atoms with Gasteiger partial charge in [0.25, 0.3) is 5.91 Å². The Hall–Kier alpha value is -1.69. The topological polar surface area (TPSA) is 57.6 Å². The molecule has 1 aliphatic rings. The number of halogens is 1. The summed E-state index contributed by atoms with van der Waals surface area (Å²) in [5.74, 6) is -0.707. The molecular weight excluding hydrogens is 334 g/mol. The summed E-state index contributed by atoms with van der Waals surface area (Å²) in [6, 6.07) is 8.44. The first-order chi connectivity index (χ1) is 11.0. The molecule has 0 saturated carbocycles. The van der Waals surface area contributed by atoms with Gasteiger partial charge in [-0.3, -0.25) is 9.59 Å². The molecule has 1 N–H and O–H groups in total. The number of Topliss-reactive ketones (excluding diaryl/α,β-unsaturated/α-hetero) is 1. The summed E-state index contributed by atoms with van der Waals surface area (Å²) in [7, 11) is 0. The molecule has 0 radical (unpaired) electrons. The van der Waals surface area contributed by atoms with Crippen LogP contribution in [0.1, 0.15) is 35.0 Å². The van der Waals surface area contributed by atoms with Crippen LogP contribution in [0.5, 0.6) is 0 Å².